The average molecular weight is 261 g/mol. The Morgan fingerprint density at radius 1 is 1.28 bits per heavy atom. The molecular weight excluding hydrogens is 252 g/mol. The Morgan fingerprint density at radius 2 is 2.11 bits per heavy atom. The van der Waals surface area contributed by atoms with Gasteiger partial charge in [0.15, 0.2) is 5.88 Å². The summed E-state index contributed by atoms with van der Waals surface area (Å²) in [5.74, 6) is 0.189. The van der Waals surface area contributed by atoms with E-state index in [1.165, 1.54) is 0 Å². The molecule has 3 rings (SSSR count). The SMILES string of the molecule is Nc1nccc(-c2c(O)[nH]c3ccc(Cl)cc23)n1. The van der Waals surface area contributed by atoms with Gasteiger partial charge in [0.05, 0.1) is 11.3 Å². The molecule has 1 aromatic carbocycles. The minimum atomic E-state index is 0.0327. The van der Waals surface area contributed by atoms with Crippen molar-refractivity contribution >= 4 is 28.5 Å². The predicted octanol–water partition coefficient (Wildman–Crippen LogP) is 2.57. The van der Waals surface area contributed by atoms with E-state index in [1.54, 1.807) is 30.5 Å². The molecule has 5 nitrogen and oxygen atoms in total. The molecule has 3 aromatic rings. The number of nitrogen functional groups attached to an aromatic ring is 1. The number of nitrogens with two attached hydrogens (primary N) is 1. The Hall–Kier alpha value is -2.27. The second kappa shape index (κ2) is 3.89. The zero-order valence-corrected chi connectivity index (χ0v) is 9.94. The molecule has 2 heterocycles. The number of nitrogens with zero attached hydrogens (tertiary/aromatic N) is 2. The quantitative estimate of drug-likeness (QED) is 0.627. The summed E-state index contributed by atoms with van der Waals surface area (Å²) < 4.78 is 0. The highest BCUT2D eigenvalue weighted by Gasteiger charge is 2.14. The van der Waals surface area contributed by atoms with E-state index < -0.39 is 0 Å². The van der Waals surface area contributed by atoms with Crippen LogP contribution in [-0.4, -0.2) is 20.1 Å². The van der Waals surface area contributed by atoms with Gasteiger partial charge in [-0.05, 0) is 24.3 Å². The van der Waals surface area contributed by atoms with Gasteiger partial charge in [0, 0.05) is 22.1 Å². The first-order chi connectivity index (χ1) is 8.65. The molecule has 2 aromatic heterocycles. The topological polar surface area (TPSA) is 87.8 Å². The average Bonchev–Trinajstić information content (AvgIpc) is 2.64. The van der Waals surface area contributed by atoms with Crippen molar-refractivity contribution in [3.8, 4) is 17.1 Å². The van der Waals surface area contributed by atoms with Crippen LogP contribution in [0.25, 0.3) is 22.2 Å². The molecule has 0 amide bonds. The Bertz CT molecular complexity index is 738. The van der Waals surface area contributed by atoms with Crippen LogP contribution in [-0.2, 0) is 0 Å². The number of aromatic amines is 1. The number of nitrogens with one attached hydrogen (secondary N) is 1. The molecule has 18 heavy (non-hydrogen) atoms. The van der Waals surface area contributed by atoms with Crippen LogP contribution in [0.2, 0.25) is 5.02 Å². The molecule has 0 radical (unpaired) electrons. The van der Waals surface area contributed by atoms with Crippen LogP contribution in [0.4, 0.5) is 5.95 Å². The number of rotatable bonds is 1. The molecule has 0 bridgehead atoms. The molecule has 6 heteroatoms. The van der Waals surface area contributed by atoms with Crippen LogP contribution in [0.3, 0.4) is 0 Å². The lowest BCUT2D eigenvalue weighted by atomic mass is 10.1. The minimum absolute atomic E-state index is 0.0327. The summed E-state index contributed by atoms with van der Waals surface area (Å²) in [6.45, 7) is 0. The van der Waals surface area contributed by atoms with Crippen molar-refractivity contribution in [2.75, 3.05) is 5.73 Å². The van der Waals surface area contributed by atoms with Gasteiger partial charge in [0.2, 0.25) is 5.95 Å². The highest BCUT2D eigenvalue weighted by molar-refractivity contribution is 6.31. The Balaban J connectivity index is 2.34. The molecule has 0 atom stereocenters. The van der Waals surface area contributed by atoms with Gasteiger partial charge in [-0.2, -0.15) is 0 Å². The van der Waals surface area contributed by atoms with Crippen LogP contribution < -0.4 is 5.73 Å². The second-order valence-corrected chi connectivity index (χ2v) is 4.28. The van der Waals surface area contributed by atoms with Crippen LogP contribution >= 0.6 is 11.6 Å². The van der Waals surface area contributed by atoms with Crippen molar-refractivity contribution in [2.24, 2.45) is 0 Å². The number of halogens is 1. The molecule has 0 saturated carbocycles. The van der Waals surface area contributed by atoms with Crippen molar-refractivity contribution in [3.05, 3.63) is 35.5 Å². The van der Waals surface area contributed by atoms with Gasteiger partial charge in [0.25, 0.3) is 0 Å². The third-order valence-corrected chi connectivity index (χ3v) is 2.91. The normalized spacial score (nSPS) is 10.9. The lowest BCUT2D eigenvalue weighted by Crippen LogP contribution is -1.94. The molecule has 0 aliphatic heterocycles. The zero-order valence-electron chi connectivity index (χ0n) is 9.18. The highest BCUT2D eigenvalue weighted by Crippen LogP contribution is 2.36. The summed E-state index contributed by atoms with van der Waals surface area (Å²) in [7, 11) is 0. The van der Waals surface area contributed by atoms with E-state index in [1.807, 2.05) is 0 Å². The summed E-state index contributed by atoms with van der Waals surface area (Å²) in [5.41, 5.74) is 7.45. The van der Waals surface area contributed by atoms with Gasteiger partial charge in [-0.3, -0.25) is 0 Å². The maximum atomic E-state index is 9.97. The van der Waals surface area contributed by atoms with E-state index in [2.05, 4.69) is 15.0 Å². The smallest absolute Gasteiger partial charge is 0.220 e. The highest BCUT2D eigenvalue weighted by atomic mass is 35.5. The van der Waals surface area contributed by atoms with Crippen molar-refractivity contribution < 1.29 is 5.11 Å². The van der Waals surface area contributed by atoms with E-state index in [0.29, 0.717) is 16.3 Å². The van der Waals surface area contributed by atoms with Crippen LogP contribution in [0.5, 0.6) is 5.88 Å². The summed E-state index contributed by atoms with van der Waals surface area (Å²) in [5, 5.41) is 11.3. The van der Waals surface area contributed by atoms with E-state index in [-0.39, 0.29) is 11.8 Å². The van der Waals surface area contributed by atoms with Crippen molar-refractivity contribution in [1.82, 2.24) is 15.0 Å². The van der Waals surface area contributed by atoms with E-state index in [9.17, 15) is 5.11 Å². The molecule has 4 N–H and O–H groups in total. The van der Waals surface area contributed by atoms with Crippen molar-refractivity contribution in [3.63, 3.8) is 0 Å². The number of anilines is 1. The summed E-state index contributed by atoms with van der Waals surface area (Å²) in [6.07, 6.45) is 1.54. The first kappa shape index (κ1) is 10.9. The lowest BCUT2D eigenvalue weighted by Gasteiger charge is -2.00. The minimum Gasteiger partial charge on any atom is -0.494 e. The van der Waals surface area contributed by atoms with Crippen molar-refractivity contribution in [2.45, 2.75) is 0 Å². The number of hydrogen-bond acceptors (Lipinski definition) is 4. The molecule has 0 saturated heterocycles. The van der Waals surface area contributed by atoms with Gasteiger partial charge < -0.3 is 15.8 Å². The summed E-state index contributed by atoms with van der Waals surface area (Å²) in [6, 6.07) is 6.99. The number of H-pyrrole nitrogens is 1. The molecule has 0 fully saturated rings. The third-order valence-electron chi connectivity index (χ3n) is 2.67. The fraction of sp³-hybridized carbons (Fsp3) is 0. The van der Waals surface area contributed by atoms with Gasteiger partial charge in [-0.1, -0.05) is 11.6 Å². The maximum Gasteiger partial charge on any atom is 0.220 e. The van der Waals surface area contributed by atoms with E-state index in [4.69, 9.17) is 17.3 Å². The Kier molecular flexibility index (Phi) is 2.34. The number of aromatic nitrogens is 3. The van der Waals surface area contributed by atoms with Crippen molar-refractivity contribution in [1.29, 1.82) is 0 Å². The molecule has 0 aliphatic carbocycles. The van der Waals surface area contributed by atoms with Gasteiger partial charge in [-0.25, -0.2) is 9.97 Å². The van der Waals surface area contributed by atoms with E-state index in [0.717, 1.165) is 10.9 Å². The van der Waals surface area contributed by atoms with Crippen LogP contribution in [0, 0.1) is 0 Å². The first-order valence-electron chi connectivity index (χ1n) is 5.24. The maximum absolute atomic E-state index is 9.97. The van der Waals surface area contributed by atoms with Crippen LogP contribution in [0.15, 0.2) is 30.5 Å². The third kappa shape index (κ3) is 1.65. The first-order valence-corrected chi connectivity index (χ1v) is 5.62. The Morgan fingerprint density at radius 3 is 2.89 bits per heavy atom. The number of aromatic hydroxyl groups is 1. The fourth-order valence-electron chi connectivity index (χ4n) is 1.92. The summed E-state index contributed by atoms with van der Waals surface area (Å²) >= 11 is 5.97. The second-order valence-electron chi connectivity index (χ2n) is 3.84. The van der Waals surface area contributed by atoms with E-state index >= 15 is 0 Å². The summed E-state index contributed by atoms with van der Waals surface area (Å²) in [4.78, 5) is 10.8. The molecule has 0 aliphatic rings. The number of benzene rings is 1. The van der Waals surface area contributed by atoms with Gasteiger partial charge >= 0.3 is 0 Å². The molecule has 0 spiro atoms. The number of fused-ring (bicyclic) bond motifs is 1. The molecule has 90 valence electrons. The lowest BCUT2D eigenvalue weighted by molar-refractivity contribution is 0.460. The monoisotopic (exact) mass is 260 g/mol. The number of hydrogen-bond donors (Lipinski definition) is 3. The zero-order chi connectivity index (χ0) is 12.7. The molecule has 0 unspecified atom stereocenters. The van der Waals surface area contributed by atoms with Gasteiger partial charge in [0.1, 0.15) is 0 Å². The standard InChI is InChI=1S/C12H9ClN4O/c13-6-1-2-8-7(5-6)10(11(18)16-8)9-3-4-15-12(14)17-9/h1-5,16,18H,(H2,14,15,17). The Labute approximate surface area is 107 Å². The largest absolute Gasteiger partial charge is 0.494 e. The van der Waals surface area contributed by atoms with Crippen LogP contribution in [0.1, 0.15) is 0 Å². The predicted molar refractivity (Wildman–Crippen MR) is 70.4 cm³/mol. The van der Waals surface area contributed by atoms with Gasteiger partial charge in [-0.15, -0.1) is 0 Å². The molecular formula is C12H9ClN4O. The fourth-order valence-corrected chi connectivity index (χ4v) is 2.09.